The van der Waals surface area contributed by atoms with Crippen LogP contribution in [0.15, 0.2) is 54.6 Å². The highest BCUT2D eigenvalue weighted by Gasteiger charge is 2.23. The van der Waals surface area contributed by atoms with Gasteiger partial charge in [0.1, 0.15) is 22.8 Å². The van der Waals surface area contributed by atoms with Crippen LogP contribution >= 0.6 is 11.6 Å². The summed E-state index contributed by atoms with van der Waals surface area (Å²) in [6.07, 6.45) is 0.690. The number of rotatable bonds is 7. The van der Waals surface area contributed by atoms with Crippen LogP contribution in [0.1, 0.15) is 21.5 Å². The number of para-hydroxylation sites is 3. The highest BCUT2D eigenvalue weighted by molar-refractivity contribution is 6.33. The van der Waals surface area contributed by atoms with E-state index < -0.39 is 11.7 Å². The third kappa shape index (κ3) is 4.44. The lowest BCUT2D eigenvalue weighted by atomic mass is 9.98. The monoisotopic (exact) mass is 428 g/mol. The first-order valence-electron chi connectivity index (χ1n) is 9.16. The van der Waals surface area contributed by atoms with Gasteiger partial charge in [0.05, 0.1) is 19.2 Å². The Kier molecular flexibility index (Phi) is 6.69. The van der Waals surface area contributed by atoms with E-state index in [4.69, 9.17) is 25.8 Å². The van der Waals surface area contributed by atoms with Crippen LogP contribution in [0.3, 0.4) is 0 Å². The Balaban J connectivity index is 1.92. The summed E-state index contributed by atoms with van der Waals surface area (Å²) >= 11 is 6.23. The summed E-state index contributed by atoms with van der Waals surface area (Å²) in [7, 11) is 2.78. The summed E-state index contributed by atoms with van der Waals surface area (Å²) in [6.45, 7) is 0. The van der Waals surface area contributed by atoms with Crippen molar-refractivity contribution in [3.63, 3.8) is 0 Å². The van der Waals surface area contributed by atoms with Crippen LogP contribution < -0.4 is 9.47 Å². The van der Waals surface area contributed by atoms with Gasteiger partial charge in [-0.2, -0.15) is 0 Å². The lowest BCUT2D eigenvalue weighted by Crippen LogP contribution is -2.08. The molecule has 0 aliphatic carbocycles. The highest BCUT2D eigenvalue weighted by Crippen LogP contribution is 2.38. The Bertz CT molecular complexity index is 1060. The number of carbonyl (C=O) groups is 1. The van der Waals surface area contributed by atoms with Crippen molar-refractivity contribution < 1.29 is 29.2 Å². The Hall–Kier alpha value is -3.38. The highest BCUT2D eigenvalue weighted by atomic mass is 35.5. The number of carbonyl (C=O) groups excluding carboxylic acids is 1. The summed E-state index contributed by atoms with van der Waals surface area (Å²) in [5, 5.41) is 20.1. The van der Waals surface area contributed by atoms with Crippen LogP contribution in [-0.2, 0) is 17.6 Å². The maximum absolute atomic E-state index is 12.1. The third-order valence-electron chi connectivity index (χ3n) is 4.62. The zero-order valence-corrected chi connectivity index (χ0v) is 17.3. The number of phenolic OH excluding ortho intramolecular Hbond substituents is 2. The van der Waals surface area contributed by atoms with Crippen molar-refractivity contribution in [1.29, 1.82) is 0 Å². The molecule has 0 aromatic heterocycles. The molecule has 0 saturated heterocycles. The largest absolute Gasteiger partial charge is 0.507 e. The molecule has 0 bridgehead atoms. The molecule has 6 nitrogen and oxygen atoms in total. The zero-order chi connectivity index (χ0) is 21.7. The fourth-order valence-corrected chi connectivity index (χ4v) is 3.38. The smallest absolute Gasteiger partial charge is 0.341 e. The Morgan fingerprint density at radius 3 is 2.20 bits per heavy atom. The van der Waals surface area contributed by atoms with E-state index in [1.807, 2.05) is 36.4 Å². The standard InChI is InChI=1S/C23H21ClO6/c1-28-19-9-5-6-10-20(19)30-18-8-4-3-7-14(18)11-12-15-21(23(27)29-2)16(25)13-17(26)22(15)24/h3-10,13,25-26H,11-12H2,1-2H3. The molecule has 0 aliphatic heterocycles. The zero-order valence-electron chi connectivity index (χ0n) is 16.5. The summed E-state index contributed by atoms with van der Waals surface area (Å²) in [5.41, 5.74) is 1.08. The van der Waals surface area contributed by atoms with E-state index in [0.29, 0.717) is 29.2 Å². The van der Waals surface area contributed by atoms with Crippen LogP contribution in [0.2, 0.25) is 5.02 Å². The molecule has 7 heteroatoms. The first kappa shape index (κ1) is 21.3. The number of phenols is 2. The van der Waals surface area contributed by atoms with Gasteiger partial charge in [-0.3, -0.25) is 0 Å². The molecule has 3 aromatic rings. The topological polar surface area (TPSA) is 85.2 Å². The van der Waals surface area contributed by atoms with Gasteiger partial charge in [-0.05, 0) is 42.2 Å². The maximum Gasteiger partial charge on any atom is 0.341 e. The first-order chi connectivity index (χ1) is 14.5. The molecule has 30 heavy (non-hydrogen) atoms. The number of benzene rings is 3. The van der Waals surface area contributed by atoms with Gasteiger partial charge >= 0.3 is 5.97 Å². The van der Waals surface area contributed by atoms with E-state index in [-0.39, 0.29) is 22.8 Å². The summed E-state index contributed by atoms with van der Waals surface area (Å²) in [6, 6.07) is 15.8. The molecule has 156 valence electrons. The van der Waals surface area contributed by atoms with Crippen molar-refractivity contribution in [1.82, 2.24) is 0 Å². The molecule has 0 amide bonds. The number of hydrogen-bond acceptors (Lipinski definition) is 6. The predicted molar refractivity (Wildman–Crippen MR) is 113 cm³/mol. The van der Waals surface area contributed by atoms with E-state index in [0.717, 1.165) is 11.6 Å². The summed E-state index contributed by atoms with van der Waals surface area (Å²) < 4.78 is 16.1. The molecule has 0 aliphatic rings. The molecular weight excluding hydrogens is 408 g/mol. The summed E-state index contributed by atoms with van der Waals surface area (Å²) in [5.74, 6) is 0.342. The fraction of sp³-hybridized carbons (Fsp3) is 0.174. The number of esters is 1. The maximum atomic E-state index is 12.1. The van der Waals surface area contributed by atoms with Crippen molar-refractivity contribution in [3.05, 3.63) is 76.3 Å². The minimum Gasteiger partial charge on any atom is -0.507 e. The molecule has 3 aromatic carbocycles. The van der Waals surface area contributed by atoms with Gasteiger partial charge in [0.15, 0.2) is 11.5 Å². The lowest BCUT2D eigenvalue weighted by molar-refractivity contribution is 0.0596. The lowest BCUT2D eigenvalue weighted by Gasteiger charge is -2.16. The van der Waals surface area contributed by atoms with Crippen molar-refractivity contribution in [2.45, 2.75) is 12.8 Å². The summed E-state index contributed by atoms with van der Waals surface area (Å²) in [4.78, 5) is 12.1. The number of halogens is 1. The number of hydrogen-bond donors (Lipinski definition) is 2. The van der Waals surface area contributed by atoms with Crippen molar-refractivity contribution >= 4 is 17.6 Å². The Morgan fingerprint density at radius 2 is 1.53 bits per heavy atom. The van der Waals surface area contributed by atoms with Crippen LogP contribution in [0, 0.1) is 0 Å². The molecule has 3 rings (SSSR count). The molecule has 0 spiro atoms. The van der Waals surface area contributed by atoms with Gasteiger partial charge in [0.25, 0.3) is 0 Å². The van der Waals surface area contributed by atoms with Crippen LogP contribution in [0.25, 0.3) is 0 Å². The first-order valence-corrected chi connectivity index (χ1v) is 9.54. The average molecular weight is 429 g/mol. The van der Waals surface area contributed by atoms with E-state index >= 15 is 0 Å². The predicted octanol–water partition coefficient (Wildman–Crippen LogP) is 5.12. The van der Waals surface area contributed by atoms with Gasteiger partial charge in [-0.1, -0.05) is 41.9 Å². The van der Waals surface area contributed by atoms with Gasteiger partial charge in [-0.15, -0.1) is 0 Å². The van der Waals surface area contributed by atoms with Gasteiger partial charge in [0, 0.05) is 6.07 Å². The van der Waals surface area contributed by atoms with Gasteiger partial charge < -0.3 is 24.4 Å². The SMILES string of the molecule is COC(=O)c1c(O)cc(O)c(Cl)c1CCc1ccccc1Oc1ccccc1OC. The second-order valence-corrected chi connectivity index (χ2v) is 6.81. The Morgan fingerprint density at radius 1 is 0.900 bits per heavy atom. The molecule has 0 heterocycles. The number of ether oxygens (including phenoxy) is 3. The van der Waals surface area contributed by atoms with Crippen molar-refractivity contribution in [3.8, 4) is 28.7 Å². The molecule has 0 fully saturated rings. The van der Waals surface area contributed by atoms with E-state index in [9.17, 15) is 15.0 Å². The molecule has 0 radical (unpaired) electrons. The third-order valence-corrected chi connectivity index (χ3v) is 5.04. The molecule has 0 unspecified atom stereocenters. The molecule has 0 atom stereocenters. The van der Waals surface area contributed by atoms with Crippen molar-refractivity contribution in [2.75, 3.05) is 14.2 Å². The average Bonchev–Trinajstić information content (AvgIpc) is 2.76. The van der Waals surface area contributed by atoms with Gasteiger partial charge in [0.2, 0.25) is 0 Å². The van der Waals surface area contributed by atoms with E-state index in [2.05, 4.69) is 0 Å². The van der Waals surface area contributed by atoms with E-state index in [1.54, 1.807) is 19.2 Å². The fourth-order valence-electron chi connectivity index (χ4n) is 3.14. The van der Waals surface area contributed by atoms with Crippen LogP contribution in [0.5, 0.6) is 28.7 Å². The normalized spacial score (nSPS) is 10.5. The van der Waals surface area contributed by atoms with Gasteiger partial charge in [-0.25, -0.2) is 4.79 Å². The van der Waals surface area contributed by atoms with Crippen molar-refractivity contribution in [2.24, 2.45) is 0 Å². The Labute approximate surface area is 179 Å². The minimum atomic E-state index is -0.733. The second kappa shape index (κ2) is 9.41. The molecular formula is C23H21ClO6. The van der Waals surface area contributed by atoms with E-state index in [1.165, 1.54) is 7.11 Å². The number of aryl methyl sites for hydroxylation is 1. The molecule has 0 saturated carbocycles. The number of methoxy groups -OCH3 is 2. The van der Waals surface area contributed by atoms with Crippen LogP contribution in [-0.4, -0.2) is 30.4 Å². The minimum absolute atomic E-state index is 0.00340. The second-order valence-electron chi connectivity index (χ2n) is 6.43. The number of aromatic hydroxyl groups is 2. The molecule has 2 N–H and O–H groups in total. The van der Waals surface area contributed by atoms with Crippen LogP contribution in [0.4, 0.5) is 0 Å². The quantitative estimate of drug-likeness (QED) is 0.508.